The Kier molecular flexibility index (Phi) is 5.52. The van der Waals surface area contributed by atoms with Gasteiger partial charge in [-0.1, -0.05) is 12.1 Å². The molecule has 3 N–H and O–H groups in total. The number of pyridine rings is 1. The first-order chi connectivity index (χ1) is 16.1. The summed E-state index contributed by atoms with van der Waals surface area (Å²) >= 11 is 0. The molecule has 1 unspecified atom stereocenters. The van der Waals surface area contributed by atoms with Crippen molar-refractivity contribution in [1.29, 1.82) is 0 Å². The van der Waals surface area contributed by atoms with E-state index in [1.54, 1.807) is 42.6 Å². The molecule has 1 saturated carbocycles. The van der Waals surface area contributed by atoms with Gasteiger partial charge in [-0.25, -0.2) is 0 Å². The van der Waals surface area contributed by atoms with Gasteiger partial charge in [-0.3, -0.25) is 19.0 Å². The van der Waals surface area contributed by atoms with Crippen molar-refractivity contribution >= 4 is 22.7 Å². The summed E-state index contributed by atoms with van der Waals surface area (Å²) in [5.41, 5.74) is 2.59. The van der Waals surface area contributed by atoms with Crippen LogP contribution >= 0.6 is 0 Å². The van der Waals surface area contributed by atoms with Crippen molar-refractivity contribution in [2.24, 2.45) is 0 Å². The van der Waals surface area contributed by atoms with Crippen molar-refractivity contribution in [3.05, 3.63) is 101 Å². The highest BCUT2D eigenvalue weighted by Gasteiger charge is 2.30. The molecule has 7 nitrogen and oxygen atoms in total. The predicted octanol–water partition coefficient (Wildman–Crippen LogP) is 3.40. The lowest BCUT2D eigenvalue weighted by molar-refractivity contribution is 0.0892. The number of hydrogen-bond donors (Lipinski definition) is 3. The van der Waals surface area contributed by atoms with E-state index in [0.29, 0.717) is 16.8 Å². The lowest BCUT2D eigenvalue weighted by Crippen LogP contribution is -2.48. The van der Waals surface area contributed by atoms with Crippen LogP contribution < -0.4 is 16.2 Å². The number of aromatic nitrogens is 2. The van der Waals surface area contributed by atoms with Gasteiger partial charge >= 0.3 is 0 Å². The molecule has 0 saturated heterocycles. The van der Waals surface area contributed by atoms with Crippen LogP contribution in [0, 0.1) is 0 Å². The van der Waals surface area contributed by atoms with E-state index in [0.717, 1.165) is 30.2 Å². The monoisotopic (exact) mass is 440 g/mol. The average Bonchev–Trinajstić information content (AvgIpc) is 3.48. The first kappa shape index (κ1) is 20.8. The van der Waals surface area contributed by atoms with Gasteiger partial charge in [0.25, 0.3) is 17.4 Å². The lowest BCUT2D eigenvalue weighted by atomic mass is 10.1. The molecule has 166 valence electrons. The van der Waals surface area contributed by atoms with Crippen molar-refractivity contribution in [3.63, 3.8) is 0 Å². The van der Waals surface area contributed by atoms with Crippen molar-refractivity contribution < 1.29 is 9.59 Å². The van der Waals surface area contributed by atoms with E-state index in [1.807, 2.05) is 30.5 Å². The molecule has 7 heteroatoms. The molecule has 4 aromatic rings. The van der Waals surface area contributed by atoms with Crippen LogP contribution in [0.25, 0.3) is 16.6 Å². The molecular formula is C26H24N4O3. The number of carbonyl (C=O) groups excluding carboxylic acids is 2. The molecule has 2 atom stereocenters. The van der Waals surface area contributed by atoms with Gasteiger partial charge in [0.15, 0.2) is 0 Å². The van der Waals surface area contributed by atoms with E-state index in [1.165, 1.54) is 10.6 Å². The van der Waals surface area contributed by atoms with E-state index >= 15 is 0 Å². The fourth-order valence-corrected chi connectivity index (χ4v) is 4.41. The fourth-order valence-electron chi connectivity index (χ4n) is 4.41. The minimum atomic E-state index is -0.194. The van der Waals surface area contributed by atoms with Crippen LogP contribution in [0.2, 0.25) is 0 Å². The topological polar surface area (TPSA) is 96.0 Å². The Hall–Kier alpha value is -4.13. The van der Waals surface area contributed by atoms with E-state index in [-0.39, 0.29) is 29.5 Å². The lowest BCUT2D eigenvalue weighted by Gasteiger charge is -2.22. The summed E-state index contributed by atoms with van der Waals surface area (Å²) in [7, 11) is 0. The van der Waals surface area contributed by atoms with Crippen LogP contribution in [-0.2, 0) is 0 Å². The van der Waals surface area contributed by atoms with Crippen molar-refractivity contribution in [2.45, 2.75) is 31.3 Å². The van der Waals surface area contributed by atoms with Crippen LogP contribution in [0.1, 0.15) is 40.0 Å². The van der Waals surface area contributed by atoms with Gasteiger partial charge in [0, 0.05) is 52.9 Å². The third-order valence-electron chi connectivity index (χ3n) is 6.20. The molecular weight excluding hydrogens is 416 g/mol. The molecule has 2 amide bonds. The standard InChI is InChI=1S/C26H24N4O3/c31-24-6-1-2-15-30(24)20-11-9-18(10-12-20)25(32)28-21-4-3-5-22(21)29-26(33)19-8-7-17-13-14-27-23(17)16-19/h1-2,6-16,21-22,27H,3-5H2,(H,28,32)(H,29,33)/t21-,22?/m0/s1. The minimum Gasteiger partial charge on any atom is -0.361 e. The van der Waals surface area contributed by atoms with E-state index in [2.05, 4.69) is 15.6 Å². The number of aromatic amines is 1. The largest absolute Gasteiger partial charge is 0.361 e. The number of hydrogen-bond acceptors (Lipinski definition) is 3. The van der Waals surface area contributed by atoms with Crippen molar-refractivity contribution in [3.8, 4) is 5.69 Å². The van der Waals surface area contributed by atoms with Gasteiger partial charge in [0.2, 0.25) is 0 Å². The van der Waals surface area contributed by atoms with Gasteiger partial charge in [0.05, 0.1) is 0 Å². The highest BCUT2D eigenvalue weighted by molar-refractivity contribution is 5.98. The second-order valence-corrected chi connectivity index (χ2v) is 8.33. The van der Waals surface area contributed by atoms with Crippen molar-refractivity contribution in [1.82, 2.24) is 20.2 Å². The van der Waals surface area contributed by atoms with Crippen LogP contribution in [0.15, 0.2) is 83.9 Å². The van der Waals surface area contributed by atoms with E-state index in [4.69, 9.17) is 0 Å². The zero-order chi connectivity index (χ0) is 22.8. The maximum absolute atomic E-state index is 12.8. The third kappa shape index (κ3) is 4.30. The number of nitrogens with one attached hydrogen (secondary N) is 3. The normalized spacial score (nSPS) is 17.7. The maximum atomic E-state index is 12.8. The number of nitrogens with zero attached hydrogens (tertiary/aromatic N) is 1. The number of rotatable bonds is 5. The van der Waals surface area contributed by atoms with Crippen LogP contribution in [0.3, 0.4) is 0 Å². The molecule has 1 aliphatic carbocycles. The third-order valence-corrected chi connectivity index (χ3v) is 6.20. The molecule has 2 aromatic heterocycles. The fraction of sp³-hybridized carbons (Fsp3) is 0.192. The zero-order valence-electron chi connectivity index (χ0n) is 18.0. The van der Waals surface area contributed by atoms with Crippen molar-refractivity contribution in [2.75, 3.05) is 0 Å². The second kappa shape index (κ2) is 8.78. The quantitative estimate of drug-likeness (QED) is 0.444. The molecule has 1 fully saturated rings. The molecule has 0 spiro atoms. The highest BCUT2D eigenvalue weighted by Crippen LogP contribution is 2.21. The molecule has 0 radical (unpaired) electrons. The van der Waals surface area contributed by atoms with E-state index < -0.39 is 0 Å². The Morgan fingerprint density at radius 3 is 2.27 bits per heavy atom. The Labute approximate surface area is 190 Å². The summed E-state index contributed by atoms with van der Waals surface area (Å²) in [6, 6.07) is 19.2. The molecule has 2 heterocycles. The Balaban J connectivity index is 1.24. The summed E-state index contributed by atoms with van der Waals surface area (Å²) in [6.07, 6.45) is 6.10. The summed E-state index contributed by atoms with van der Waals surface area (Å²) in [4.78, 5) is 40.8. The summed E-state index contributed by atoms with van der Waals surface area (Å²) in [5, 5.41) is 7.22. The molecule has 2 aromatic carbocycles. The summed E-state index contributed by atoms with van der Waals surface area (Å²) < 4.78 is 1.52. The Morgan fingerprint density at radius 1 is 0.848 bits per heavy atom. The Morgan fingerprint density at radius 2 is 1.55 bits per heavy atom. The maximum Gasteiger partial charge on any atom is 0.255 e. The van der Waals surface area contributed by atoms with Gasteiger partial charge in [0.1, 0.15) is 0 Å². The second-order valence-electron chi connectivity index (χ2n) is 8.33. The zero-order valence-corrected chi connectivity index (χ0v) is 18.0. The summed E-state index contributed by atoms with van der Waals surface area (Å²) in [6.45, 7) is 0. The van der Waals surface area contributed by atoms with E-state index in [9.17, 15) is 14.4 Å². The molecule has 0 bridgehead atoms. The first-order valence-electron chi connectivity index (χ1n) is 11.1. The van der Waals surface area contributed by atoms with Crippen LogP contribution in [0.5, 0.6) is 0 Å². The predicted molar refractivity (Wildman–Crippen MR) is 127 cm³/mol. The smallest absolute Gasteiger partial charge is 0.255 e. The van der Waals surface area contributed by atoms with Crippen LogP contribution in [0.4, 0.5) is 0 Å². The highest BCUT2D eigenvalue weighted by atomic mass is 16.2. The van der Waals surface area contributed by atoms with Gasteiger partial charge < -0.3 is 15.6 Å². The summed E-state index contributed by atoms with van der Waals surface area (Å²) in [5.74, 6) is -0.337. The molecule has 33 heavy (non-hydrogen) atoms. The number of fused-ring (bicyclic) bond motifs is 1. The van der Waals surface area contributed by atoms with Gasteiger partial charge in [-0.15, -0.1) is 0 Å². The van der Waals surface area contributed by atoms with Gasteiger partial charge in [-0.05, 0) is 73.2 Å². The molecule has 1 aliphatic rings. The average molecular weight is 441 g/mol. The van der Waals surface area contributed by atoms with Crippen LogP contribution in [-0.4, -0.2) is 33.4 Å². The first-order valence-corrected chi connectivity index (χ1v) is 11.1. The number of carbonyl (C=O) groups is 2. The minimum absolute atomic E-state index is 0.122. The number of benzene rings is 2. The van der Waals surface area contributed by atoms with Gasteiger partial charge in [-0.2, -0.15) is 0 Å². The number of amides is 2. The Bertz CT molecular complexity index is 1370. The molecule has 5 rings (SSSR count). The SMILES string of the molecule is O=C(NC1CCC[C@@H]1NC(=O)c1ccc(-n2ccccc2=O)cc1)c1ccc2cc[nH]c2c1. The molecule has 0 aliphatic heterocycles. The number of H-pyrrole nitrogens is 1.